The zero-order chi connectivity index (χ0) is 18.6. The van der Waals surface area contributed by atoms with Crippen molar-refractivity contribution < 1.29 is 17.9 Å². The maximum atomic E-state index is 12.2. The van der Waals surface area contributed by atoms with E-state index in [1.165, 1.54) is 28.5 Å². The Kier molecular flexibility index (Phi) is 5.36. The second kappa shape index (κ2) is 7.69. The van der Waals surface area contributed by atoms with Gasteiger partial charge in [-0.3, -0.25) is 4.57 Å². The Hall–Kier alpha value is -2.68. The van der Waals surface area contributed by atoms with Crippen molar-refractivity contribution in [1.29, 1.82) is 0 Å². The van der Waals surface area contributed by atoms with Gasteiger partial charge in [-0.05, 0) is 23.3 Å². The first-order valence-electron chi connectivity index (χ1n) is 7.57. The third-order valence-electron chi connectivity index (χ3n) is 3.43. The highest BCUT2D eigenvalue weighted by Crippen LogP contribution is 2.25. The van der Waals surface area contributed by atoms with Crippen LogP contribution in [0.1, 0.15) is 11.1 Å². The minimum atomic E-state index is -4.71. The van der Waals surface area contributed by atoms with Gasteiger partial charge in [-0.1, -0.05) is 54.2 Å². The Morgan fingerprint density at radius 1 is 1.04 bits per heavy atom. The molecule has 0 fully saturated rings. The molecule has 5 nitrogen and oxygen atoms in total. The zero-order valence-electron chi connectivity index (χ0n) is 13.4. The summed E-state index contributed by atoms with van der Waals surface area (Å²) in [5.41, 5.74) is 1.43. The lowest BCUT2D eigenvalue weighted by Crippen LogP contribution is -2.18. The van der Waals surface area contributed by atoms with Gasteiger partial charge in [0.25, 0.3) is 0 Å². The summed E-state index contributed by atoms with van der Waals surface area (Å²) in [6.07, 6.45) is -4.71. The molecule has 3 aromatic rings. The molecular formula is C17H14F3N3O2S. The summed E-state index contributed by atoms with van der Waals surface area (Å²) in [5, 5.41) is 6.94. The van der Waals surface area contributed by atoms with E-state index >= 15 is 0 Å². The maximum Gasteiger partial charge on any atom is 0.573 e. The van der Waals surface area contributed by atoms with Crippen molar-refractivity contribution in [2.75, 3.05) is 0 Å². The summed E-state index contributed by atoms with van der Waals surface area (Å²) in [6, 6.07) is 15.1. The lowest BCUT2D eigenvalue weighted by atomic mass is 10.2. The normalized spacial score (nSPS) is 11.5. The van der Waals surface area contributed by atoms with Gasteiger partial charge in [-0.2, -0.15) is 0 Å². The summed E-state index contributed by atoms with van der Waals surface area (Å²) >= 11 is 1.32. The van der Waals surface area contributed by atoms with E-state index < -0.39 is 6.36 Å². The van der Waals surface area contributed by atoms with E-state index in [1.54, 1.807) is 12.1 Å². The molecule has 26 heavy (non-hydrogen) atoms. The second-order valence-electron chi connectivity index (χ2n) is 5.36. The average molecular weight is 381 g/mol. The summed E-state index contributed by atoms with van der Waals surface area (Å²) in [7, 11) is 0. The third-order valence-corrected chi connectivity index (χ3v) is 4.48. The van der Waals surface area contributed by atoms with E-state index in [4.69, 9.17) is 0 Å². The molecule has 0 aliphatic rings. The van der Waals surface area contributed by atoms with Gasteiger partial charge < -0.3 is 4.74 Å². The number of nitrogens with zero attached hydrogens (tertiary/aromatic N) is 2. The topological polar surface area (TPSA) is 59.9 Å². The van der Waals surface area contributed by atoms with Gasteiger partial charge in [0, 0.05) is 5.75 Å². The summed E-state index contributed by atoms with van der Waals surface area (Å²) in [5.74, 6) is 0.178. The van der Waals surface area contributed by atoms with E-state index in [1.807, 2.05) is 30.3 Å². The monoisotopic (exact) mass is 381 g/mol. The first-order chi connectivity index (χ1) is 12.4. The highest BCUT2D eigenvalue weighted by Gasteiger charge is 2.30. The summed E-state index contributed by atoms with van der Waals surface area (Å²) < 4.78 is 41.9. The molecule has 3 rings (SSSR count). The minimum Gasteiger partial charge on any atom is -0.406 e. The standard InChI is InChI=1S/C17H14F3N3O2S/c18-17(19,20)25-14-8-6-13(7-9-14)11-26-16-22-21-15(24)23(16)10-12-4-2-1-3-5-12/h1-9H,10-11H2,(H,21,24). The molecule has 2 aromatic carbocycles. The Bertz CT molecular complexity index is 905. The Labute approximate surface area is 150 Å². The molecule has 136 valence electrons. The highest BCUT2D eigenvalue weighted by molar-refractivity contribution is 7.98. The van der Waals surface area contributed by atoms with E-state index in [0.29, 0.717) is 17.5 Å². The van der Waals surface area contributed by atoms with Crippen LogP contribution in [0.3, 0.4) is 0 Å². The number of thioether (sulfide) groups is 1. The molecule has 0 unspecified atom stereocenters. The molecule has 0 radical (unpaired) electrons. The SMILES string of the molecule is O=c1[nH]nc(SCc2ccc(OC(F)(F)F)cc2)n1Cc1ccccc1. The Morgan fingerprint density at radius 2 is 1.73 bits per heavy atom. The smallest absolute Gasteiger partial charge is 0.406 e. The number of alkyl halides is 3. The van der Waals surface area contributed by atoms with Gasteiger partial charge in [0.1, 0.15) is 5.75 Å². The van der Waals surface area contributed by atoms with Crippen molar-refractivity contribution in [2.24, 2.45) is 0 Å². The van der Waals surface area contributed by atoms with Gasteiger partial charge in [0.2, 0.25) is 0 Å². The molecule has 9 heteroatoms. The number of benzene rings is 2. The van der Waals surface area contributed by atoms with Crippen LogP contribution in [0.4, 0.5) is 13.2 Å². The van der Waals surface area contributed by atoms with Crippen molar-refractivity contribution >= 4 is 11.8 Å². The quantitative estimate of drug-likeness (QED) is 0.660. The van der Waals surface area contributed by atoms with Crippen LogP contribution in [0.5, 0.6) is 5.75 Å². The van der Waals surface area contributed by atoms with Gasteiger partial charge in [0.15, 0.2) is 5.16 Å². The van der Waals surface area contributed by atoms with E-state index in [-0.39, 0.29) is 11.4 Å². The molecule has 0 atom stereocenters. The van der Waals surface area contributed by atoms with Crippen LogP contribution in [-0.2, 0) is 12.3 Å². The van der Waals surface area contributed by atoms with Crippen molar-refractivity contribution in [2.45, 2.75) is 23.8 Å². The van der Waals surface area contributed by atoms with Crippen LogP contribution in [0.2, 0.25) is 0 Å². The van der Waals surface area contributed by atoms with Crippen molar-refractivity contribution in [1.82, 2.24) is 14.8 Å². The van der Waals surface area contributed by atoms with Crippen molar-refractivity contribution in [3.8, 4) is 5.75 Å². The van der Waals surface area contributed by atoms with Crippen molar-refractivity contribution in [3.05, 3.63) is 76.2 Å². The third kappa shape index (κ3) is 4.92. The lowest BCUT2D eigenvalue weighted by molar-refractivity contribution is -0.274. The molecule has 0 saturated heterocycles. The Balaban J connectivity index is 1.66. The minimum absolute atomic E-state index is 0.271. The molecule has 1 aromatic heterocycles. The fourth-order valence-electron chi connectivity index (χ4n) is 2.25. The molecule has 0 spiro atoms. The maximum absolute atomic E-state index is 12.2. The zero-order valence-corrected chi connectivity index (χ0v) is 14.2. The molecule has 0 aliphatic heterocycles. The van der Waals surface area contributed by atoms with Crippen LogP contribution in [0.25, 0.3) is 0 Å². The van der Waals surface area contributed by atoms with Gasteiger partial charge in [-0.25, -0.2) is 9.89 Å². The van der Waals surface area contributed by atoms with Gasteiger partial charge in [0.05, 0.1) is 6.54 Å². The molecule has 0 bridgehead atoms. The van der Waals surface area contributed by atoms with E-state index in [0.717, 1.165) is 11.1 Å². The number of aromatic nitrogens is 3. The van der Waals surface area contributed by atoms with Gasteiger partial charge >= 0.3 is 12.1 Å². The number of ether oxygens (including phenoxy) is 1. The summed E-state index contributed by atoms with van der Waals surface area (Å²) in [6.45, 7) is 0.386. The molecule has 0 saturated carbocycles. The number of aromatic amines is 1. The lowest BCUT2D eigenvalue weighted by Gasteiger charge is -2.09. The first-order valence-corrected chi connectivity index (χ1v) is 8.56. The van der Waals surface area contributed by atoms with E-state index in [2.05, 4.69) is 14.9 Å². The highest BCUT2D eigenvalue weighted by atomic mass is 32.2. The fraction of sp³-hybridized carbons (Fsp3) is 0.176. The van der Waals surface area contributed by atoms with Crippen LogP contribution in [0.15, 0.2) is 64.5 Å². The average Bonchev–Trinajstić information content (AvgIpc) is 2.94. The second-order valence-corrected chi connectivity index (χ2v) is 6.31. The van der Waals surface area contributed by atoms with Crippen LogP contribution < -0.4 is 10.4 Å². The predicted molar refractivity (Wildman–Crippen MR) is 91.1 cm³/mol. The number of H-pyrrole nitrogens is 1. The first kappa shape index (κ1) is 18.1. The van der Waals surface area contributed by atoms with Crippen LogP contribution in [0, 0.1) is 0 Å². The van der Waals surface area contributed by atoms with Gasteiger partial charge in [-0.15, -0.1) is 18.3 Å². The molecular weight excluding hydrogens is 367 g/mol. The molecule has 0 amide bonds. The van der Waals surface area contributed by atoms with E-state index in [9.17, 15) is 18.0 Å². The van der Waals surface area contributed by atoms with Crippen LogP contribution >= 0.6 is 11.8 Å². The predicted octanol–water partition coefficient (Wildman–Crippen LogP) is 3.81. The largest absolute Gasteiger partial charge is 0.573 e. The molecule has 1 heterocycles. The molecule has 0 aliphatic carbocycles. The number of nitrogens with one attached hydrogen (secondary N) is 1. The molecule has 1 N–H and O–H groups in total. The fourth-order valence-corrected chi connectivity index (χ4v) is 3.16. The number of hydrogen-bond acceptors (Lipinski definition) is 4. The number of hydrogen-bond donors (Lipinski definition) is 1. The number of rotatable bonds is 6. The summed E-state index contributed by atoms with van der Waals surface area (Å²) in [4.78, 5) is 11.9. The number of halogens is 3. The van der Waals surface area contributed by atoms with Crippen LogP contribution in [-0.4, -0.2) is 21.1 Å². The van der Waals surface area contributed by atoms with Crippen molar-refractivity contribution in [3.63, 3.8) is 0 Å². The Morgan fingerprint density at radius 3 is 2.38 bits per heavy atom.